The quantitative estimate of drug-likeness (QED) is 0.236. The van der Waals surface area contributed by atoms with Crippen molar-refractivity contribution in [2.75, 3.05) is 0 Å². The Hall–Kier alpha value is 0.337. The average Bonchev–Trinajstić information content (AvgIpc) is 1.61. The summed E-state index contributed by atoms with van der Waals surface area (Å²) >= 11 is 0. The summed E-state index contributed by atoms with van der Waals surface area (Å²) in [6.07, 6.45) is 6.25. The standard InChI is InChI=1S/C6H11.Li/c1-3-5-6-4-2;/h5-6H,1,3-4H2,2H3;/q-1;+1/b6-5-;. The van der Waals surface area contributed by atoms with Crippen LogP contribution in [0.4, 0.5) is 0 Å². The third kappa shape index (κ3) is 10.7. The van der Waals surface area contributed by atoms with Crippen LogP contribution in [0, 0.1) is 6.92 Å². The van der Waals surface area contributed by atoms with Crippen molar-refractivity contribution in [2.24, 2.45) is 0 Å². The minimum absolute atomic E-state index is 0. The van der Waals surface area contributed by atoms with Gasteiger partial charge in [0.1, 0.15) is 0 Å². The number of rotatable bonds is 2. The molecule has 36 valence electrons. The van der Waals surface area contributed by atoms with Gasteiger partial charge in [-0.15, -0.1) is 6.08 Å². The molecule has 0 bridgehead atoms. The van der Waals surface area contributed by atoms with Crippen LogP contribution in [0.5, 0.6) is 0 Å². The summed E-state index contributed by atoms with van der Waals surface area (Å²) in [6, 6.07) is 0. The number of hydrogen-bond donors (Lipinski definition) is 0. The van der Waals surface area contributed by atoms with Gasteiger partial charge in [-0.1, -0.05) is 13.0 Å². The van der Waals surface area contributed by atoms with Crippen molar-refractivity contribution < 1.29 is 18.9 Å². The average molecular weight is 90.1 g/mol. The van der Waals surface area contributed by atoms with Crippen molar-refractivity contribution in [3.8, 4) is 0 Å². The first kappa shape index (κ1) is 10.3. The summed E-state index contributed by atoms with van der Waals surface area (Å²) < 4.78 is 0. The van der Waals surface area contributed by atoms with Crippen molar-refractivity contribution >= 4 is 0 Å². The Morgan fingerprint density at radius 1 is 1.43 bits per heavy atom. The molecule has 0 unspecified atom stereocenters. The van der Waals surface area contributed by atoms with Crippen LogP contribution in [0.2, 0.25) is 0 Å². The fourth-order valence-corrected chi connectivity index (χ4v) is 0.285. The fourth-order valence-electron chi connectivity index (χ4n) is 0.285. The van der Waals surface area contributed by atoms with Crippen molar-refractivity contribution in [3.05, 3.63) is 19.1 Å². The largest absolute Gasteiger partial charge is 1.00 e. The van der Waals surface area contributed by atoms with E-state index in [0.717, 1.165) is 12.8 Å². The number of allylic oxidation sites excluding steroid dienone is 2. The molecule has 0 N–H and O–H groups in total. The summed E-state index contributed by atoms with van der Waals surface area (Å²) in [5, 5.41) is 0. The van der Waals surface area contributed by atoms with E-state index >= 15 is 0 Å². The summed E-state index contributed by atoms with van der Waals surface area (Å²) in [6.45, 7) is 5.75. The van der Waals surface area contributed by atoms with Crippen molar-refractivity contribution in [1.82, 2.24) is 0 Å². The van der Waals surface area contributed by atoms with Crippen molar-refractivity contribution in [2.45, 2.75) is 19.8 Å². The molecule has 0 spiro atoms. The molecule has 0 saturated carbocycles. The zero-order chi connectivity index (χ0) is 4.83. The molecular formula is C6H11Li. The molecule has 0 aromatic heterocycles. The maximum Gasteiger partial charge on any atom is 1.00 e. The predicted octanol–water partition coefficient (Wildman–Crippen LogP) is -0.819. The van der Waals surface area contributed by atoms with E-state index in [0.29, 0.717) is 0 Å². The normalized spacial score (nSPS) is 8.86. The SMILES string of the molecule is [CH2-]C/C=C\CC.[Li+]. The summed E-state index contributed by atoms with van der Waals surface area (Å²) in [4.78, 5) is 0. The van der Waals surface area contributed by atoms with Crippen LogP contribution in [0.15, 0.2) is 12.2 Å². The molecular weight excluding hydrogens is 79.0 g/mol. The molecule has 0 fully saturated rings. The summed E-state index contributed by atoms with van der Waals surface area (Å²) in [7, 11) is 0. The van der Waals surface area contributed by atoms with Gasteiger partial charge in [0.25, 0.3) is 0 Å². The molecule has 1 heteroatoms. The van der Waals surface area contributed by atoms with E-state index in [4.69, 9.17) is 0 Å². The van der Waals surface area contributed by atoms with Gasteiger partial charge < -0.3 is 6.92 Å². The van der Waals surface area contributed by atoms with E-state index in [2.05, 4.69) is 26.0 Å². The molecule has 0 rings (SSSR count). The Morgan fingerprint density at radius 2 is 2.00 bits per heavy atom. The molecule has 7 heavy (non-hydrogen) atoms. The molecule has 0 aromatic rings. The van der Waals surface area contributed by atoms with Crippen LogP contribution in [-0.4, -0.2) is 0 Å². The predicted molar refractivity (Wildman–Crippen MR) is 29.4 cm³/mol. The van der Waals surface area contributed by atoms with Gasteiger partial charge in [0.05, 0.1) is 0 Å². The first-order chi connectivity index (χ1) is 2.91. The van der Waals surface area contributed by atoms with Gasteiger partial charge in [0.2, 0.25) is 0 Å². The maximum absolute atomic E-state index is 3.64. The third-order valence-corrected chi connectivity index (χ3v) is 0.569. The summed E-state index contributed by atoms with van der Waals surface area (Å²) in [5.74, 6) is 0. The molecule has 0 atom stereocenters. The van der Waals surface area contributed by atoms with Crippen molar-refractivity contribution in [1.29, 1.82) is 0 Å². The molecule has 0 heterocycles. The van der Waals surface area contributed by atoms with Gasteiger partial charge >= 0.3 is 18.9 Å². The first-order valence-corrected chi connectivity index (χ1v) is 2.36. The van der Waals surface area contributed by atoms with Crippen molar-refractivity contribution in [3.63, 3.8) is 0 Å². The summed E-state index contributed by atoms with van der Waals surface area (Å²) in [5.41, 5.74) is 0. The molecule has 0 saturated heterocycles. The van der Waals surface area contributed by atoms with Gasteiger partial charge in [-0.05, 0) is 6.42 Å². The molecule has 0 aliphatic rings. The molecule has 0 amide bonds. The molecule has 0 radical (unpaired) electrons. The van der Waals surface area contributed by atoms with Crippen LogP contribution in [0.1, 0.15) is 19.8 Å². The monoisotopic (exact) mass is 90.1 g/mol. The van der Waals surface area contributed by atoms with E-state index in [9.17, 15) is 0 Å². The van der Waals surface area contributed by atoms with Crippen LogP contribution >= 0.6 is 0 Å². The second-order valence-corrected chi connectivity index (χ2v) is 1.17. The maximum atomic E-state index is 3.64. The second kappa shape index (κ2) is 9.60. The third-order valence-electron chi connectivity index (χ3n) is 0.569. The van der Waals surface area contributed by atoms with Gasteiger partial charge in [0, 0.05) is 0 Å². The van der Waals surface area contributed by atoms with Crippen LogP contribution in [0.25, 0.3) is 0 Å². The van der Waals surface area contributed by atoms with Gasteiger partial charge in [-0.2, -0.15) is 6.42 Å². The number of hydrogen-bond acceptors (Lipinski definition) is 0. The second-order valence-electron chi connectivity index (χ2n) is 1.17. The van der Waals surface area contributed by atoms with E-state index in [1.165, 1.54) is 0 Å². The zero-order valence-corrected chi connectivity index (χ0v) is 5.28. The minimum Gasteiger partial charge on any atom is -0.340 e. The van der Waals surface area contributed by atoms with E-state index < -0.39 is 0 Å². The Kier molecular flexibility index (Phi) is 14.2. The Balaban J connectivity index is 0. The van der Waals surface area contributed by atoms with Crippen LogP contribution in [-0.2, 0) is 0 Å². The Morgan fingerprint density at radius 3 is 2.14 bits per heavy atom. The topological polar surface area (TPSA) is 0 Å². The molecule has 0 aliphatic carbocycles. The van der Waals surface area contributed by atoms with Gasteiger partial charge in [0.15, 0.2) is 0 Å². The molecule has 0 nitrogen and oxygen atoms in total. The van der Waals surface area contributed by atoms with Gasteiger partial charge in [-0.3, -0.25) is 0 Å². The van der Waals surface area contributed by atoms with E-state index in [1.54, 1.807) is 0 Å². The van der Waals surface area contributed by atoms with Crippen LogP contribution in [0.3, 0.4) is 0 Å². The van der Waals surface area contributed by atoms with E-state index in [1.807, 2.05) is 0 Å². The smallest absolute Gasteiger partial charge is 0.340 e. The zero-order valence-electron chi connectivity index (χ0n) is 5.28. The fraction of sp³-hybridized carbons (Fsp3) is 0.500. The minimum atomic E-state index is 0. The van der Waals surface area contributed by atoms with E-state index in [-0.39, 0.29) is 18.9 Å². The molecule has 0 aliphatic heterocycles. The Labute approximate surface area is 58.2 Å². The van der Waals surface area contributed by atoms with Gasteiger partial charge in [-0.25, -0.2) is 0 Å². The Bertz CT molecular complexity index is 33.4. The first-order valence-electron chi connectivity index (χ1n) is 2.36. The van der Waals surface area contributed by atoms with Crippen LogP contribution < -0.4 is 18.9 Å². The molecule has 0 aromatic carbocycles.